The maximum Gasteiger partial charge on any atom is -0.00178 e. The van der Waals surface area contributed by atoms with Crippen molar-refractivity contribution in [1.29, 1.82) is 0 Å². The van der Waals surface area contributed by atoms with Crippen LogP contribution in [0.4, 0.5) is 0 Å². The van der Waals surface area contributed by atoms with Crippen LogP contribution in [-0.4, -0.2) is 13.1 Å². The van der Waals surface area contributed by atoms with E-state index < -0.39 is 0 Å². The quantitative estimate of drug-likeness (QED) is 0.820. The molecule has 1 heterocycles. The highest BCUT2D eigenvalue weighted by atomic mass is 14.9. The molecule has 1 fully saturated rings. The molecule has 1 aliphatic rings. The number of hydrogen-bond donors (Lipinski definition) is 1. The number of benzene rings is 1. The van der Waals surface area contributed by atoms with E-state index in [2.05, 4.69) is 43.4 Å². The van der Waals surface area contributed by atoms with Crippen LogP contribution < -0.4 is 5.32 Å². The molecule has 0 amide bonds. The van der Waals surface area contributed by atoms with E-state index in [0.29, 0.717) is 0 Å². The predicted molar refractivity (Wildman–Crippen MR) is 69.6 cm³/mol. The Labute approximate surface area is 99.3 Å². The molecular weight excluding hydrogens is 194 g/mol. The molecule has 16 heavy (non-hydrogen) atoms. The molecule has 1 aromatic carbocycles. The average molecular weight is 217 g/mol. The van der Waals surface area contributed by atoms with E-state index in [9.17, 15) is 0 Å². The first kappa shape index (κ1) is 11.7. The largest absolute Gasteiger partial charge is 0.316 e. The lowest BCUT2D eigenvalue weighted by Crippen LogP contribution is -2.35. The summed E-state index contributed by atoms with van der Waals surface area (Å²) in [6.07, 6.45) is 3.91. The number of nitrogens with one attached hydrogen (secondary N) is 1. The van der Waals surface area contributed by atoms with Crippen LogP contribution in [0.2, 0.25) is 0 Å². The van der Waals surface area contributed by atoms with E-state index in [-0.39, 0.29) is 0 Å². The smallest absolute Gasteiger partial charge is 0.00178 e. The van der Waals surface area contributed by atoms with E-state index in [0.717, 1.165) is 11.8 Å². The first-order valence-corrected chi connectivity index (χ1v) is 6.52. The fourth-order valence-corrected chi connectivity index (χ4v) is 2.55. The molecule has 2 rings (SSSR count). The second kappa shape index (κ2) is 5.49. The van der Waals surface area contributed by atoms with Gasteiger partial charge in [0.1, 0.15) is 0 Å². The van der Waals surface area contributed by atoms with Crippen molar-refractivity contribution in [3.63, 3.8) is 0 Å². The van der Waals surface area contributed by atoms with Crippen LogP contribution in [0.15, 0.2) is 24.3 Å². The van der Waals surface area contributed by atoms with Crippen molar-refractivity contribution in [2.75, 3.05) is 13.1 Å². The summed E-state index contributed by atoms with van der Waals surface area (Å²) in [5.41, 5.74) is 2.85. The number of piperidine rings is 1. The average Bonchev–Trinajstić information content (AvgIpc) is 2.30. The highest BCUT2D eigenvalue weighted by Gasteiger charge is 2.20. The van der Waals surface area contributed by atoms with Crippen LogP contribution in [0.1, 0.15) is 30.9 Å². The monoisotopic (exact) mass is 217 g/mol. The first-order chi connectivity index (χ1) is 7.75. The lowest BCUT2D eigenvalue weighted by Gasteiger charge is -2.29. The molecule has 0 bridgehead atoms. The summed E-state index contributed by atoms with van der Waals surface area (Å²) >= 11 is 0. The summed E-state index contributed by atoms with van der Waals surface area (Å²) in [4.78, 5) is 0. The maximum absolute atomic E-state index is 3.51. The molecule has 1 nitrogen and oxygen atoms in total. The molecule has 1 aliphatic heterocycles. The van der Waals surface area contributed by atoms with Gasteiger partial charge in [0, 0.05) is 0 Å². The minimum Gasteiger partial charge on any atom is -0.316 e. The molecule has 0 aliphatic carbocycles. The van der Waals surface area contributed by atoms with Crippen molar-refractivity contribution >= 4 is 0 Å². The Morgan fingerprint density at radius 1 is 1.25 bits per heavy atom. The fraction of sp³-hybridized carbons (Fsp3) is 0.600. The Hall–Kier alpha value is -0.820. The summed E-state index contributed by atoms with van der Waals surface area (Å²) in [6, 6.07) is 8.99. The molecule has 1 N–H and O–H groups in total. The van der Waals surface area contributed by atoms with Crippen molar-refractivity contribution < 1.29 is 0 Å². The second-order valence-corrected chi connectivity index (χ2v) is 5.25. The molecule has 1 aromatic rings. The van der Waals surface area contributed by atoms with Crippen molar-refractivity contribution in [1.82, 2.24) is 5.32 Å². The standard InChI is InChI=1S/C15H23N/c1-12-3-5-14(6-4-12)7-8-15-11-16-10-9-13(15)2/h3-6,13,15-16H,7-11H2,1-2H3. The van der Waals surface area contributed by atoms with Gasteiger partial charge in [-0.15, -0.1) is 0 Å². The van der Waals surface area contributed by atoms with Gasteiger partial charge in [-0.25, -0.2) is 0 Å². The third-order valence-electron chi connectivity index (χ3n) is 3.91. The van der Waals surface area contributed by atoms with Crippen LogP contribution in [0, 0.1) is 18.8 Å². The molecule has 1 saturated heterocycles. The van der Waals surface area contributed by atoms with Gasteiger partial charge in [-0.3, -0.25) is 0 Å². The molecule has 2 unspecified atom stereocenters. The minimum atomic E-state index is 0.870. The second-order valence-electron chi connectivity index (χ2n) is 5.25. The normalized spacial score (nSPS) is 25.6. The van der Waals surface area contributed by atoms with Crippen molar-refractivity contribution in [2.24, 2.45) is 11.8 Å². The van der Waals surface area contributed by atoms with Gasteiger partial charge in [0.2, 0.25) is 0 Å². The summed E-state index contributed by atoms with van der Waals surface area (Å²) in [5, 5.41) is 3.51. The summed E-state index contributed by atoms with van der Waals surface area (Å²) in [7, 11) is 0. The highest BCUT2D eigenvalue weighted by molar-refractivity contribution is 5.21. The van der Waals surface area contributed by atoms with Gasteiger partial charge in [0.15, 0.2) is 0 Å². The van der Waals surface area contributed by atoms with Gasteiger partial charge in [-0.1, -0.05) is 36.8 Å². The number of aryl methyl sites for hydroxylation is 2. The molecule has 88 valence electrons. The zero-order chi connectivity index (χ0) is 11.4. The minimum absolute atomic E-state index is 0.870. The van der Waals surface area contributed by atoms with Crippen LogP contribution in [0.25, 0.3) is 0 Å². The third kappa shape index (κ3) is 3.08. The van der Waals surface area contributed by atoms with Crippen molar-refractivity contribution in [3.05, 3.63) is 35.4 Å². The maximum atomic E-state index is 3.51. The summed E-state index contributed by atoms with van der Waals surface area (Å²) < 4.78 is 0. The third-order valence-corrected chi connectivity index (χ3v) is 3.91. The molecule has 2 atom stereocenters. The Kier molecular flexibility index (Phi) is 4.00. The van der Waals surface area contributed by atoms with Gasteiger partial charge in [-0.05, 0) is 56.7 Å². The van der Waals surface area contributed by atoms with E-state index >= 15 is 0 Å². The molecule has 0 aromatic heterocycles. The summed E-state index contributed by atoms with van der Waals surface area (Å²) in [5.74, 6) is 1.77. The van der Waals surface area contributed by atoms with E-state index in [1.54, 1.807) is 0 Å². The molecule has 0 saturated carbocycles. The highest BCUT2D eigenvalue weighted by Crippen LogP contribution is 2.23. The van der Waals surface area contributed by atoms with Gasteiger partial charge >= 0.3 is 0 Å². The number of hydrogen-bond acceptors (Lipinski definition) is 1. The van der Waals surface area contributed by atoms with Crippen LogP contribution in [-0.2, 0) is 6.42 Å². The zero-order valence-electron chi connectivity index (χ0n) is 10.5. The van der Waals surface area contributed by atoms with Crippen LogP contribution in [0.5, 0.6) is 0 Å². The molecule has 1 heteroatoms. The van der Waals surface area contributed by atoms with Gasteiger partial charge in [0.05, 0.1) is 0 Å². The van der Waals surface area contributed by atoms with Crippen LogP contribution >= 0.6 is 0 Å². The van der Waals surface area contributed by atoms with E-state index in [1.165, 1.54) is 43.5 Å². The lowest BCUT2D eigenvalue weighted by atomic mass is 9.84. The molecular formula is C15H23N. The van der Waals surface area contributed by atoms with Crippen molar-refractivity contribution in [3.8, 4) is 0 Å². The molecule has 0 radical (unpaired) electrons. The molecule has 0 spiro atoms. The Balaban J connectivity index is 1.84. The lowest BCUT2D eigenvalue weighted by molar-refractivity contribution is 0.260. The SMILES string of the molecule is Cc1ccc(CCC2CNCCC2C)cc1. The fourth-order valence-electron chi connectivity index (χ4n) is 2.55. The van der Waals surface area contributed by atoms with Crippen LogP contribution in [0.3, 0.4) is 0 Å². The predicted octanol–water partition coefficient (Wildman–Crippen LogP) is 3.17. The van der Waals surface area contributed by atoms with Gasteiger partial charge < -0.3 is 5.32 Å². The summed E-state index contributed by atoms with van der Waals surface area (Å²) in [6.45, 7) is 6.98. The Morgan fingerprint density at radius 2 is 2.00 bits per heavy atom. The zero-order valence-corrected chi connectivity index (χ0v) is 10.5. The van der Waals surface area contributed by atoms with Crippen molar-refractivity contribution in [2.45, 2.75) is 33.1 Å². The number of rotatable bonds is 3. The first-order valence-electron chi connectivity index (χ1n) is 6.52. The van der Waals surface area contributed by atoms with E-state index in [4.69, 9.17) is 0 Å². The Bertz CT molecular complexity index is 315. The Morgan fingerprint density at radius 3 is 2.69 bits per heavy atom. The topological polar surface area (TPSA) is 12.0 Å². The van der Waals surface area contributed by atoms with Gasteiger partial charge in [0.25, 0.3) is 0 Å². The van der Waals surface area contributed by atoms with Gasteiger partial charge in [-0.2, -0.15) is 0 Å². The van der Waals surface area contributed by atoms with E-state index in [1.807, 2.05) is 0 Å².